The van der Waals surface area contributed by atoms with Crippen molar-refractivity contribution in [1.29, 1.82) is 0 Å². The zero-order valence-electron chi connectivity index (χ0n) is 22.2. The molecule has 4 aliphatic rings. The van der Waals surface area contributed by atoms with E-state index in [2.05, 4.69) is 43.7 Å². The molecule has 2 N–H and O–H groups in total. The predicted octanol–water partition coefficient (Wildman–Crippen LogP) is 2.48. The van der Waals surface area contributed by atoms with Crippen molar-refractivity contribution in [2.45, 2.75) is 19.3 Å². The van der Waals surface area contributed by atoms with Gasteiger partial charge in [0.2, 0.25) is 5.82 Å². The molecule has 7 rings (SSSR count). The van der Waals surface area contributed by atoms with E-state index in [4.69, 9.17) is 9.98 Å². The van der Waals surface area contributed by atoms with E-state index in [0.29, 0.717) is 51.0 Å². The summed E-state index contributed by atoms with van der Waals surface area (Å²) in [4.78, 5) is 40.6. The number of carbonyl (C=O) groups is 2. The highest BCUT2D eigenvalue weighted by molar-refractivity contribution is 6.25. The van der Waals surface area contributed by atoms with Crippen LogP contribution in [0.25, 0.3) is 16.8 Å². The maximum Gasteiger partial charge on any atom is 0.291 e. The highest BCUT2D eigenvalue weighted by Gasteiger charge is 2.42. The van der Waals surface area contributed by atoms with Crippen LogP contribution in [0.2, 0.25) is 0 Å². The molecule has 3 aromatic rings. The average molecular weight is 536 g/mol. The van der Waals surface area contributed by atoms with Crippen LogP contribution in [0, 0.1) is 5.92 Å². The lowest BCUT2D eigenvalue weighted by molar-refractivity contribution is -0.115. The van der Waals surface area contributed by atoms with Crippen LogP contribution in [0.1, 0.15) is 35.4 Å². The standard InChI is InChI=1S/C29H29N9O2/c1-36-16-21(20-7-8-22(31-15-20)18-5-3-2-4-6-18)27-34-25(24-23(39)9-12-30-28(24)38(27)36)19-10-13-37(14-11-19)29(40)26-32-17-33-35-26/h2-8,15,17,19,30H,9-14,16H2,1H3,(H,32,33,35). The van der Waals surface area contributed by atoms with Gasteiger partial charge in [0.1, 0.15) is 12.1 Å². The summed E-state index contributed by atoms with van der Waals surface area (Å²) in [5.41, 5.74) is 5.57. The third-order valence-corrected chi connectivity index (χ3v) is 8.02. The van der Waals surface area contributed by atoms with Crippen LogP contribution in [0.3, 0.4) is 0 Å². The first kappa shape index (κ1) is 24.4. The number of H-pyrrole nitrogens is 1. The number of pyridine rings is 1. The van der Waals surface area contributed by atoms with Gasteiger partial charge in [-0.2, -0.15) is 0 Å². The molecular weight excluding hydrogens is 506 g/mol. The SMILES string of the molecule is CN1CC(c2ccc(-c3ccccc3)nc2)=C2N=C(C3CCN(C(=O)c4nnc[nH]4)CC3)C3=C(NCCC3=O)N21. The van der Waals surface area contributed by atoms with Gasteiger partial charge in [0.25, 0.3) is 5.91 Å². The molecule has 0 radical (unpaired) electrons. The van der Waals surface area contributed by atoms with E-state index in [1.54, 1.807) is 4.90 Å². The Morgan fingerprint density at radius 1 is 1.05 bits per heavy atom. The molecule has 0 saturated carbocycles. The van der Waals surface area contributed by atoms with Crippen molar-refractivity contribution < 1.29 is 9.59 Å². The maximum absolute atomic E-state index is 13.3. The van der Waals surface area contributed by atoms with Crippen molar-refractivity contribution in [1.82, 2.24) is 40.4 Å². The van der Waals surface area contributed by atoms with Crippen molar-refractivity contribution in [3.63, 3.8) is 0 Å². The van der Waals surface area contributed by atoms with Crippen molar-refractivity contribution in [2.24, 2.45) is 10.9 Å². The van der Waals surface area contributed by atoms with Gasteiger partial charge in [-0.1, -0.05) is 36.4 Å². The molecule has 11 nitrogen and oxygen atoms in total. The van der Waals surface area contributed by atoms with Gasteiger partial charge < -0.3 is 15.2 Å². The molecule has 2 aromatic heterocycles. The Labute approximate surface area is 231 Å². The summed E-state index contributed by atoms with van der Waals surface area (Å²) in [6, 6.07) is 14.3. The number of Topliss-reactive ketones (excluding diaryl/α,β-unsaturated/α-hetero) is 1. The summed E-state index contributed by atoms with van der Waals surface area (Å²) in [6.45, 7) is 2.37. The molecule has 0 aliphatic carbocycles. The summed E-state index contributed by atoms with van der Waals surface area (Å²) < 4.78 is 0. The number of likely N-dealkylation sites (N-methyl/N-ethyl adjacent to an activating group) is 1. The number of rotatable bonds is 4. The Kier molecular flexibility index (Phi) is 6.00. The van der Waals surface area contributed by atoms with E-state index in [0.717, 1.165) is 39.7 Å². The van der Waals surface area contributed by atoms with Crippen LogP contribution >= 0.6 is 0 Å². The summed E-state index contributed by atoms with van der Waals surface area (Å²) in [7, 11) is 2.01. The fourth-order valence-electron chi connectivity index (χ4n) is 5.99. The number of aromatic nitrogens is 4. The number of hydrogen-bond acceptors (Lipinski definition) is 9. The normalized spacial score (nSPS) is 19.9. The number of piperidine rings is 1. The Morgan fingerprint density at radius 2 is 1.88 bits per heavy atom. The van der Waals surface area contributed by atoms with Gasteiger partial charge in [-0.3, -0.25) is 14.6 Å². The van der Waals surface area contributed by atoms with Crippen LogP contribution in [-0.2, 0) is 4.79 Å². The second-order valence-electron chi connectivity index (χ2n) is 10.5. The predicted molar refractivity (Wildman–Crippen MR) is 148 cm³/mol. The number of aromatic amines is 1. The third kappa shape index (κ3) is 4.10. The second-order valence-corrected chi connectivity index (χ2v) is 10.5. The first-order valence-corrected chi connectivity index (χ1v) is 13.6. The quantitative estimate of drug-likeness (QED) is 0.523. The minimum atomic E-state index is -0.156. The topological polar surface area (TPSA) is 123 Å². The molecule has 40 heavy (non-hydrogen) atoms. The number of hydrazine groups is 1. The highest BCUT2D eigenvalue weighted by atomic mass is 16.2. The first-order valence-electron chi connectivity index (χ1n) is 13.6. The molecule has 0 spiro atoms. The number of nitrogens with zero attached hydrogens (tertiary/aromatic N) is 7. The van der Waals surface area contributed by atoms with Gasteiger partial charge in [-0.15, -0.1) is 10.2 Å². The molecule has 1 fully saturated rings. The summed E-state index contributed by atoms with van der Waals surface area (Å²) in [5.74, 6) is 1.90. The molecule has 1 aromatic carbocycles. The van der Waals surface area contributed by atoms with Gasteiger partial charge >= 0.3 is 0 Å². The van der Waals surface area contributed by atoms with Crippen molar-refractivity contribution in [3.8, 4) is 11.3 Å². The Hall–Kier alpha value is -4.64. The van der Waals surface area contributed by atoms with Gasteiger partial charge in [0, 0.05) is 68.5 Å². The van der Waals surface area contributed by atoms with Gasteiger partial charge in [-0.05, 0) is 18.9 Å². The molecule has 6 heterocycles. The number of allylic oxidation sites excluding steroid dienone is 1. The smallest absolute Gasteiger partial charge is 0.291 e. The number of ketones is 1. The zero-order valence-corrected chi connectivity index (χ0v) is 22.2. The first-order chi connectivity index (χ1) is 19.6. The van der Waals surface area contributed by atoms with E-state index < -0.39 is 0 Å². The molecule has 1 amide bonds. The van der Waals surface area contributed by atoms with Crippen LogP contribution in [-0.4, -0.2) is 85.7 Å². The van der Waals surface area contributed by atoms with E-state index in [1.165, 1.54) is 6.33 Å². The second kappa shape index (κ2) is 9.83. The van der Waals surface area contributed by atoms with Crippen LogP contribution in [0.4, 0.5) is 0 Å². The molecule has 1 saturated heterocycles. The van der Waals surface area contributed by atoms with Crippen LogP contribution in [0.5, 0.6) is 0 Å². The number of fused-ring (bicyclic) bond motifs is 2. The number of likely N-dealkylation sites (tertiary alicyclic amines) is 1. The molecule has 11 heteroatoms. The molecule has 4 aliphatic heterocycles. The maximum atomic E-state index is 13.3. The molecule has 0 atom stereocenters. The summed E-state index contributed by atoms with van der Waals surface area (Å²) in [6.07, 6.45) is 5.19. The van der Waals surface area contributed by atoms with E-state index in [9.17, 15) is 9.59 Å². The number of amides is 1. The van der Waals surface area contributed by atoms with Gasteiger partial charge in [0.05, 0.1) is 17.0 Å². The lowest BCUT2D eigenvalue weighted by Gasteiger charge is -2.40. The Bertz CT molecular complexity index is 1550. The fraction of sp³-hybridized carbons (Fsp3) is 0.310. The third-order valence-electron chi connectivity index (χ3n) is 8.02. The van der Waals surface area contributed by atoms with Gasteiger partial charge in [-0.25, -0.2) is 15.0 Å². The monoisotopic (exact) mass is 535 g/mol. The lowest BCUT2D eigenvalue weighted by atomic mass is 9.84. The zero-order chi connectivity index (χ0) is 27.2. The van der Waals surface area contributed by atoms with E-state index in [1.807, 2.05) is 42.5 Å². The number of hydrogen-bond donors (Lipinski definition) is 2. The molecule has 0 bridgehead atoms. The summed E-state index contributed by atoms with van der Waals surface area (Å²) in [5, 5.41) is 15.2. The van der Waals surface area contributed by atoms with Crippen molar-refractivity contribution >= 4 is 23.0 Å². The minimum absolute atomic E-state index is 0.0630. The van der Waals surface area contributed by atoms with E-state index >= 15 is 0 Å². The Balaban J connectivity index is 1.22. The van der Waals surface area contributed by atoms with Crippen LogP contribution in [0.15, 0.2) is 77.2 Å². The molecule has 202 valence electrons. The number of nitrogens with one attached hydrogen (secondary N) is 2. The van der Waals surface area contributed by atoms with Gasteiger partial charge in [0.15, 0.2) is 11.6 Å². The molecular formula is C29H29N9O2. The van der Waals surface area contributed by atoms with Crippen molar-refractivity contribution in [2.75, 3.05) is 33.2 Å². The molecule has 0 unspecified atom stereocenters. The largest absolute Gasteiger partial charge is 0.369 e. The summed E-state index contributed by atoms with van der Waals surface area (Å²) >= 11 is 0. The average Bonchev–Trinajstić information content (AvgIpc) is 3.66. The van der Waals surface area contributed by atoms with Crippen molar-refractivity contribution in [3.05, 3.63) is 83.6 Å². The van der Waals surface area contributed by atoms with Crippen LogP contribution < -0.4 is 5.32 Å². The number of aliphatic imine (C=N–C) groups is 1. The Morgan fingerprint density at radius 3 is 2.60 bits per heavy atom. The fourth-order valence-corrected chi connectivity index (χ4v) is 5.99. The lowest BCUT2D eigenvalue weighted by Crippen LogP contribution is -2.48. The van der Waals surface area contributed by atoms with E-state index in [-0.39, 0.29) is 23.4 Å². The number of benzene rings is 1. The minimum Gasteiger partial charge on any atom is -0.369 e. The number of carbonyl (C=O) groups excluding carboxylic acids is 2. The highest BCUT2D eigenvalue weighted by Crippen LogP contribution is 2.40.